The molecule has 18 heavy (non-hydrogen) atoms. The van der Waals surface area contributed by atoms with Crippen molar-refractivity contribution in [1.82, 2.24) is 0 Å². The molecule has 0 saturated heterocycles. The fourth-order valence-corrected chi connectivity index (χ4v) is 5.84. The van der Waals surface area contributed by atoms with E-state index in [1.165, 1.54) is 25.7 Å². The predicted octanol–water partition coefficient (Wildman–Crippen LogP) is 2.72. The molecule has 0 aromatic carbocycles. The summed E-state index contributed by atoms with van der Waals surface area (Å²) in [5.74, 6) is 1.27. The highest BCUT2D eigenvalue weighted by molar-refractivity contribution is 5.23. The maximum Gasteiger partial charge on any atom is 0.147 e. The quantitative estimate of drug-likeness (QED) is 0.784. The highest BCUT2D eigenvalue weighted by atomic mass is 16.7. The van der Waals surface area contributed by atoms with Crippen LogP contribution in [0.25, 0.3) is 0 Å². The molecule has 3 rings (SSSR count). The van der Waals surface area contributed by atoms with Gasteiger partial charge < -0.3 is 14.6 Å². The molecule has 4 atom stereocenters. The van der Waals surface area contributed by atoms with E-state index in [2.05, 4.69) is 0 Å². The van der Waals surface area contributed by atoms with Gasteiger partial charge >= 0.3 is 0 Å². The van der Waals surface area contributed by atoms with Crippen molar-refractivity contribution in [2.45, 2.75) is 63.6 Å². The second-order valence-corrected chi connectivity index (χ2v) is 7.03. The molecule has 0 radical (unpaired) electrons. The minimum atomic E-state index is -0.656. The van der Waals surface area contributed by atoms with E-state index in [1.54, 1.807) is 7.11 Å². The lowest BCUT2D eigenvalue weighted by Gasteiger charge is -2.54. The summed E-state index contributed by atoms with van der Waals surface area (Å²) in [5, 5.41) is 10.8. The van der Waals surface area contributed by atoms with Gasteiger partial charge in [0.15, 0.2) is 0 Å². The SMILES string of the molecule is COCOC12CCCC1(C(C)(C)O)C1CCC2C1. The Morgan fingerprint density at radius 1 is 1.22 bits per heavy atom. The zero-order valence-electron chi connectivity index (χ0n) is 11.9. The maximum absolute atomic E-state index is 10.8. The Balaban J connectivity index is 2.03. The Morgan fingerprint density at radius 2 is 1.94 bits per heavy atom. The van der Waals surface area contributed by atoms with Crippen LogP contribution in [0.2, 0.25) is 0 Å². The number of rotatable bonds is 4. The van der Waals surface area contributed by atoms with Gasteiger partial charge in [0.05, 0.1) is 11.2 Å². The smallest absolute Gasteiger partial charge is 0.147 e. The van der Waals surface area contributed by atoms with Crippen LogP contribution in [0, 0.1) is 17.3 Å². The summed E-state index contributed by atoms with van der Waals surface area (Å²) in [4.78, 5) is 0. The van der Waals surface area contributed by atoms with Crippen LogP contribution in [-0.4, -0.2) is 30.2 Å². The van der Waals surface area contributed by atoms with E-state index in [0.29, 0.717) is 18.6 Å². The Bertz CT molecular complexity index is 335. The minimum absolute atomic E-state index is 0.0402. The molecule has 3 aliphatic carbocycles. The molecule has 104 valence electrons. The van der Waals surface area contributed by atoms with Crippen LogP contribution in [0.5, 0.6) is 0 Å². The van der Waals surface area contributed by atoms with Gasteiger partial charge in [0.25, 0.3) is 0 Å². The fourth-order valence-electron chi connectivity index (χ4n) is 5.84. The van der Waals surface area contributed by atoms with Gasteiger partial charge in [-0.3, -0.25) is 0 Å². The molecular weight excluding hydrogens is 228 g/mol. The summed E-state index contributed by atoms with van der Waals surface area (Å²) in [5.41, 5.74) is -0.817. The average Bonchev–Trinajstić information content (AvgIpc) is 2.95. The second kappa shape index (κ2) is 3.94. The zero-order valence-corrected chi connectivity index (χ0v) is 11.9. The number of aliphatic hydroxyl groups is 1. The van der Waals surface area contributed by atoms with Crippen molar-refractivity contribution in [3.05, 3.63) is 0 Å². The van der Waals surface area contributed by atoms with Gasteiger partial charge in [-0.15, -0.1) is 0 Å². The lowest BCUT2D eigenvalue weighted by Crippen LogP contribution is -2.61. The van der Waals surface area contributed by atoms with Gasteiger partial charge in [0.2, 0.25) is 0 Å². The Labute approximate surface area is 110 Å². The lowest BCUT2D eigenvalue weighted by atomic mass is 9.57. The molecule has 0 aliphatic heterocycles. The summed E-state index contributed by atoms with van der Waals surface area (Å²) in [7, 11) is 1.69. The van der Waals surface area contributed by atoms with Crippen LogP contribution in [0.15, 0.2) is 0 Å². The molecule has 0 heterocycles. The summed E-state index contributed by atoms with van der Waals surface area (Å²) in [6.07, 6.45) is 7.18. The largest absolute Gasteiger partial charge is 0.390 e. The van der Waals surface area contributed by atoms with Crippen LogP contribution in [0.4, 0.5) is 0 Å². The van der Waals surface area contributed by atoms with E-state index in [4.69, 9.17) is 9.47 Å². The van der Waals surface area contributed by atoms with Crippen LogP contribution in [0.1, 0.15) is 52.4 Å². The molecule has 3 aliphatic rings. The predicted molar refractivity (Wildman–Crippen MR) is 69.1 cm³/mol. The van der Waals surface area contributed by atoms with Gasteiger partial charge in [-0.25, -0.2) is 0 Å². The number of hydrogen-bond donors (Lipinski definition) is 1. The molecule has 1 N–H and O–H groups in total. The third-order valence-corrected chi connectivity index (χ3v) is 6.19. The van der Waals surface area contributed by atoms with Crippen LogP contribution in [-0.2, 0) is 9.47 Å². The Morgan fingerprint density at radius 3 is 2.61 bits per heavy atom. The molecule has 2 bridgehead atoms. The Hall–Kier alpha value is -0.120. The molecule has 4 unspecified atom stereocenters. The van der Waals surface area contributed by atoms with E-state index >= 15 is 0 Å². The summed E-state index contributed by atoms with van der Waals surface area (Å²) in [6.45, 7) is 4.34. The van der Waals surface area contributed by atoms with Crippen LogP contribution < -0.4 is 0 Å². The number of ether oxygens (including phenoxy) is 2. The van der Waals surface area contributed by atoms with E-state index in [1.807, 2.05) is 13.8 Å². The number of hydrogen-bond acceptors (Lipinski definition) is 3. The standard InChI is InChI=1S/C15H26O3/c1-13(2,16)14-7-4-8-15(14,18-10-17-3)12-6-5-11(14)9-12/h11-12,16H,4-10H2,1-3H3. The van der Waals surface area contributed by atoms with Crippen molar-refractivity contribution in [2.24, 2.45) is 17.3 Å². The summed E-state index contributed by atoms with van der Waals surface area (Å²) >= 11 is 0. The maximum atomic E-state index is 10.8. The summed E-state index contributed by atoms with van der Waals surface area (Å²) < 4.78 is 11.4. The normalized spacial score (nSPS) is 46.7. The number of methoxy groups -OCH3 is 1. The average molecular weight is 254 g/mol. The van der Waals surface area contributed by atoms with Crippen molar-refractivity contribution in [3.63, 3.8) is 0 Å². The molecule has 3 fully saturated rings. The minimum Gasteiger partial charge on any atom is -0.390 e. The monoisotopic (exact) mass is 254 g/mol. The lowest BCUT2D eigenvalue weighted by molar-refractivity contribution is -0.243. The second-order valence-electron chi connectivity index (χ2n) is 7.03. The van der Waals surface area contributed by atoms with Crippen molar-refractivity contribution >= 4 is 0 Å². The molecule has 0 aromatic heterocycles. The highest BCUT2D eigenvalue weighted by Gasteiger charge is 2.74. The first-order valence-electron chi connectivity index (χ1n) is 7.33. The topological polar surface area (TPSA) is 38.7 Å². The van der Waals surface area contributed by atoms with Crippen molar-refractivity contribution < 1.29 is 14.6 Å². The third kappa shape index (κ3) is 1.31. The van der Waals surface area contributed by atoms with Gasteiger partial charge in [0, 0.05) is 12.5 Å². The first-order chi connectivity index (χ1) is 8.48. The van der Waals surface area contributed by atoms with Crippen LogP contribution >= 0.6 is 0 Å². The van der Waals surface area contributed by atoms with Gasteiger partial charge in [0.1, 0.15) is 6.79 Å². The molecule has 3 saturated carbocycles. The molecule has 3 nitrogen and oxygen atoms in total. The van der Waals surface area contributed by atoms with Crippen LogP contribution in [0.3, 0.4) is 0 Å². The first kappa shape index (κ1) is 12.9. The van der Waals surface area contributed by atoms with Gasteiger partial charge in [-0.1, -0.05) is 0 Å². The van der Waals surface area contributed by atoms with Crippen molar-refractivity contribution in [1.29, 1.82) is 0 Å². The number of fused-ring (bicyclic) bond motifs is 5. The molecule has 0 amide bonds. The molecule has 3 heteroatoms. The molecular formula is C15H26O3. The van der Waals surface area contributed by atoms with E-state index in [9.17, 15) is 5.11 Å². The zero-order chi connectivity index (χ0) is 13.0. The highest BCUT2D eigenvalue weighted by Crippen LogP contribution is 2.73. The Kier molecular flexibility index (Phi) is 2.82. The molecule has 0 spiro atoms. The van der Waals surface area contributed by atoms with E-state index < -0.39 is 5.60 Å². The van der Waals surface area contributed by atoms with Gasteiger partial charge in [-0.2, -0.15) is 0 Å². The van der Waals surface area contributed by atoms with Crippen molar-refractivity contribution in [2.75, 3.05) is 13.9 Å². The summed E-state index contributed by atoms with van der Waals surface area (Å²) in [6, 6.07) is 0. The fraction of sp³-hybridized carbons (Fsp3) is 1.00. The first-order valence-corrected chi connectivity index (χ1v) is 7.33. The van der Waals surface area contributed by atoms with Crippen molar-refractivity contribution in [3.8, 4) is 0 Å². The van der Waals surface area contributed by atoms with Gasteiger partial charge in [-0.05, 0) is 64.2 Å². The van der Waals surface area contributed by atoms with E-state index in [-0.39, 0.29) is 11.0 Å². The third-order valence-electron chi connectivity index (χ3n) is 6.19. The molecule has 0 aromatic rings. The van der Waals surface area contributed by atoms with E-state index in [0.717, 1.165) is 12.8 Å².